The van der Waals surface area contributed by atoms with E-state index in [1.54, 1.807) is 17.5 Å². The average molecular weight is 235 g/mol. The van der Waals surface area contributed by atoms with Gasteiger partial charge in [-0.15, -0.1) is 11.3 Å². The summed E-state index contributed by atoms with van der Waals surface area (Å²) in [5.74, 6) is 0.861. The Kier molecular flexibility index (Phi) is 3.36. The summed E-state index contributed by atoms with van der Waals surface area (Å²) in [6.45, 7) is 2.88. The molecular formula is C11H13N3OS. The lowest BCUT2D eigenvalue weighted by molar-refractivity contribution is -0.121. The fourth-order valence-corrected chi connectivity index (χ4v) is 2.21. The van der Waals surface area contributed by atoms with Crippen LogP contribution in [0.1, 0.15) is 6.92 Å². The maximum atomic E-state index is 11.5. The van der Waals surface area contributed by atoms with Crippen molar-refractivity contribution in [1.82, 2.24) is 14.9 Å². The van der Waals surface area contributed by atoms with Gasteiger partial charge in [0, 0.05) is 18.9 Å². The van der Waals surface area contributed by atoms with Crippen molar-refractivity contribution >= 4 is 17.2 Å². The molecule has 0 aliphatic carbocycles. The van der Waals surface area contributed by atoms with E-state index in [0.717, 1.165) is 10.7 Å². The fourth-order valence-electron chi connectivity index (χ4n) is 1.48. The molecule has 84 valence electrons. The van der Waals surface area contributed by atoms with Crippen molar-refractivity contribution in [2.45, 2.75) is 13.5 Å². The van der Waals surface area contributed by atoms with E-state index < -0.39 is 0 Å². The van der Waals surface area contributed by atoms with Crippen LogP contribution in [0.3, 0.4) is 0 Å². The van der Waals surface area contributed by atoms with Gasteiger partial charge in [-0.25, -0.2) is 4.98 Å². The minimum atomic E-state index is 0.0123. The highest BCUT2D eigenvalue weighted by Crippen LogP contribution is 2.22. The van der Waals surface area contributed by atoms with Crippen molar-refractivity contribution in [2.75, 3.05) is 6.54 Å². The molecule has 0 saturated heterocycles. The van der Waals surface area contributed by atoms with E-state index in [-0.39, 0.29) is 5.91 Å². The molecule has 0 bridgehead atoms. The van der Waals surface area contributed by atoms with Gasteiger partial charge in [-0.2, -0.15) is 0 Å². The molecule has 0 fully saturated rings. The third kappa shape index (κ3) is 2.30. The molecule has 2 heterocycles. The first-order chi connectivity index (χ1) is 7.81. The van der Waals surface area contributed by atoms with Gasteiger partial charge in [0.05, 0.1) is 4.88 Å². The van der Waals surface area contributed by atoms with Gasteiger partial charge >= 0.3 is 0 Å². The highest BCUT2D eigenvalue weighted by molar-refractivity contribution is 7.13. The topological polar surface area (TPSA) is 46.9 Å². The predicted molar refractivity (Wildman–Crippen MR) is 64.2 cm³/mol. The quantitative estimate of drug-likeness (QED) is 0.877. The Morgan fingerprint density at radius 2 is 2.50 bits per heavy atom. The van der Waals surface area contributed by atoms with Crippen molar-refractivity contribution in [3.63, 3.8) is 0 Å². The number of thiophene rings is 1. The number of nitrogens with one attached hydrogen (secondary N) is 1. The number of carbonyl (C=O) groups is 1. The molecule has 5 heteroatoms. The maximum absolute atomic E-state index is 11.5. The number of rotatable bonds is 4. The molecule has 0 unspecified atom stereocenters. The van der Waals surface area contributed by atoms with Gasteiger partial charge in [0.15, 0.2) is 0 Å². The normalized spacial score (nSPS) is 10.3. The van der Waals surface area contributed by atoms with E-state index in [2.05, 4.69) is 10.3 Å². The molecule has 0 spiro atoms. The van der Waals surface area contributed by atoms with E-state index >= 15 is 0 Å². The number of nitrogens with zero attached hydrogens (tertiary/aromatic N) is 2. The molecule has 0 radical (unpaired) electrons. The Morgan fingerprint density at radius 1 is 1.62 bits per heavy atom. The highest BCUT2D eigenvalue weighted by atomic mass is 32.1. The summed E-state index contributed by atoms with van der Waals surface area (Å²) in [7, 11) is 0. The summed E-state index contributed by atoms with van der Waals surface area (Å²) in [5, 5.41) is 4.77. The molecule has 0 aromatic carbocycles. The maximum Gasteiger partial charge on any atom is 0.239 e. The standard InChI is InChI=1S/C11H13N3OS/c1-2-12-10(15)8-14-6-5-13-11(14)9-4-3-7-16-9/h3-7H,2,8H2,1H3,(H,12,15). The highest BCUT2D eigenvalue weighted by Gasteiger charge is 2.09. The number of likely N-dealkylation sites (N-methyl/N-ethyl adjacent to an activating group) is 1. The zero-order valence-electron chi connectivity index (χ0n) is 9.01. The number of amides is 1. The lowest BCUT2D eigenvalue weighted by Crippen LogP contribution is -2.27. The third-order valence-corrected chi connectivity index (χ3v) is 3.01. The lowest BCUT2D eigenvalue weighted by atomic mass is 10.4. The number of carbonyl (C=O) groups excluding carboxylic acids is 1. The second-order valence-electron chi connectivity index (χ2n) is 3.31. The Balaban J connectivity index is 2.17. The summed E-state index contributed by atoms with van der Waals surface area (Å²) in [6, 6.07) is 3.98. The second kappa shape index (κ2) is 4.94. The molecule has 0 atom stereocenters. The van der Waals surface area contributed by atoms with Crippen LogP contribution in [0.5, 0.6) is 0 Å². The molecule has 2 aromatic heterocycles. The third-order valence-electron chi connectivity index (χ3n) is 2.14. The molecule has 2 rings (SSSR count). The number of hydrogen-bond acceptors (Lipinski definition) is 3. The molecule has 0 aliphatic rings. The first kappa shape index (κ1) is 10.9. The van der Waals surface area contributed by atoms with Crippen molar-refractivity contribution in [3.05, 3.63) is 29.9 Å². The van der Waals surface area contributed by atoms with E-state index in [1.807, 2.05) is 35.2 Å². The largest absolute Gasteiger partial charge is 0.355 e. The van der Waals surface area contributed by atoms with Gasteiger partial charge in [-0.05, 0) is 18.4 Å². The molecule has 4 nitrogen and oxygen atoms in total. The van der Waals surface area contributed by atoms with E-state index in [0.29, 0.717) is 13.1 Å². The Labute approximate surface area is 97.9 Å². The zero-order chi connectivity index (χ0) is 11.4. The molecule has 2 aromatic rings. The average Bonchev–Trinajstić information content (AvgIpc) is 2.86. The van der Waals surface area contributed by atoms with Gasteiger partial charge in [-0.1, -0.05) is 6.07 Å². The van der Waals surface area contributed by atoms with E-state index in [9.17, 15) is 4.79 Å². The van der Waals surface area contributed by atoms with Gasteiger partial charge in [0.2, 0.25) is 5.91 Å². The van der Waals surface area contributed by atoms with Gasteiger partial charge in [0.1, 0.15) is 12.4 Å². The number of imidazole rings is 1. The van der Waals surface area contributed by atoms with Crippen LogP contribution in [0.25, 0.3) is 10.7 Å². The van der Waals surface area contributed by atoms with Crippen molar-refractivity contribution in [2.24, 2.45) is 0 Å². The smallest absolute Gasteiger partial charge is 0.239 e. The summed E-state index contributed by atoms with van der Waals surface area (Å²) >= 11 is 1.62. The monoisotopic (exact) mass is 235 g/mol. The first-order valence-corrected chi connectivity index (χ1v) is 6.01. The van der Waals surface area contributed by atoms with Gasteiger partial charge in [-0.3, -0.25) is 4.79 Å². The molecule has 0 aliphatic heterocycles. The zero-order valence-corrected chi connectivity index (χ0v) is 9.83. The fraction of sp³-hybridized carbons (Fsp3) is 0.273. The Hall–Kier alpha value is -1.62. The van der Waals surface area contributed by atoms with Crippen LogP contribution in [0.4, 0.5) is 0 Å². The summed E-state index contributed by atoms with van der Waals surface area (Å²) in [6.07, 6.45) is 3.54. The molecular weight excluding hydrogens is 222 g/mol. The summed E-state index contributed by atoms with van der Waals surface area (Å²) < 4.78 is 1.86. The van der Waals surface area contributed by atoms with Crippen LogP contribution in [-0.4, -0.2) is 22.0 Å². The Morgan fingerprint density at radius 3 is 3.19 bits per heavy atom. The van der Waals surface area contributed by atoms with Crippen LogP contribution in [0, 0.1) is 0 Å². The predicted octanol–water partition coefficient (Wildman–Crippen LogP) is 1.75. The number of hydrogen-bond donors (Lipinski definition) is 1. The minimum Gasteiger partial charge on any atom is -0.355 e. The number of aromatic nitrogens is 2. The molecule has 16 heavy (non-hydrogen) atoms. The Bertz CT molecular complexity index is 461. The van der Waals surface area contributed by atoms with E-state index in [4.69, 9.17) is 0 Å². The van der Waals surface area contributed by atoms with Crippen molar-refractivity contribution < 1.29 is 4.79 Å². The lowest BCUT2D eigenvalue weighted by Gasteiger charge is -2.06. The van der Waals surface area contributed by atoms with E-state index in [1.165, 1.54) is 0 Å². The van der Waals surface area contributed by atoms with Crippen molar-refractivity contribution in [1.29, 1.82) is 0 Å². The molecule has 0 saturated carbocycles. The molecule has 1 amide bonds. The SMILES string of the molecule is CCNC(=O)Cn1ccnc1-c1cccs1. The first-order valence-electron chi connectivity index (χ1n) is 5.13. The van der Waals surface area contributed by atoms with Crippen LogP contribution in [0.15, 0.2) is 29.9 Å². The second-order valence-corrected chi connectivity index (χ2v) is 4.26. The minimum absolute atomic E-state index is 0.0123. The van der Waals surface area contributed by atoms with Gasteiger partial charge in [0.25, 0.3) is 0 Å². The molecule has 1 N–H and O–H groups in total. The summed E-state index contributed by atoms with van der Waals surface area (Å²) in [5.41, 5.74) is 0. The van der Waals surface area contributed by atoms with Crippen LogP contribution < -0.4 is 5.32 Å². The van der Waals surface area contributed by atoms with Crippen LogP contribution in [0.2, 0.25) is 0 Å². The summed E-state index contributed by atoms with van der Waals surface area (Å²) in [4.78, 5) is 16.8. The van der Waals surface area contributed by atoms with Crippen LogP contribution >= 0.6 is 11.3 Å². The van der Waals surface area contributed by atoms with Crippen LogP contribution in [-0.2, 0) is 11.3 Å². The van der Waals surface area contributed by atoms with Gasteiger partial charge < -0.3 is 9.88 Å². The van der Waals surface area contributed by atoms with Crippen molar-refractivity contribution in [3.8, 4) is 10.7 Å².